The van der Waals surface area contributed by atoms with E-state index in [1.807, 2.05) is 0 Å². The van der Waals surface area contributed by atoms with Gasteiger partial charge >= 0.3 is 35.5 Å². The van der Waals surface area contributed by atoms with Crippen LogP contribution in [0.4, 0.5) is 0 Å². The number of carboxylic acid groups (broad SMARTS) is 1. The number of hydrogen-bond acceptors (Lipinski definition) is 3. The van der Waals surface area contributed by atoms with E-state index < -0.39 is 12.0 Å². The van der Waals surface area contributed by atoms with E-state index in [4.69, 9.17) is 10.8 Å². The van der Waals surface area contributed by atoms with Gasteiger partial charge in [-0.25, -0.2) is 0 Å². The molecule has 0 heterocycles. The molecule has 0 aromatic heterocycles. The van der Waals surface area contributed by atoms with Crippen LogP contribution in [0.15, 0.2) is 0 Å². The molecule has 9 heavy (non-hydrogen) atoms. The number of carboxylic acids is 1. The first-order chi connectivity index (χ1) is 3.18. The second kappa shape index (κ2) is 9.40. The third-order valence-corrected chi connectivity index (χ3v) is 0.907. The fourth-order valence-corrected chi connectivity index (χ4v) is 0.234. The van der Waals surface area contributed by atoms with Crippen molar-refractivity contribution in [3.63, 3.8) is 0 Å². The van der Waals surface area contributed by atoms with E-state index in [2.05, 4.69) is 12.6 Å². The largest absolute Gasteiger partial charge is 1.00 e. The molecule has 3 N–H and O–H groups in total. The summed E-state index contributed by atoms with van der Waals surface area (Å²) < 4.78 is 0. The smallest absolute Gasteiger partial charge is 1.00 e. The van der Waals surface area contributed by atoms with E-state index in [0.29, 0.717) is 0 Å². The molecule has 0 saturated carbocycles. The Labute approximate surface area is 95.7 Å². The molecule has 0 aromatic rings. The second-order valence-corrected chi connectivity index (χ2v) is 1.49. The summed E-state index contributed by atoms with van der Waals surface area (Å²) in [7, 11) is 0. The first kappa shape index (κ1) is 16.8. The first-order valence-corrected chi connectivity index (χ1v) is 2.41. The van der Waals surface area contributed by atoms with Crippen LogP contribution < -0.4 is 35.3 Å². The van der Waals surface area contributed by atoms with Gasteiger partial charge in [0.05, 0.1) is 0 Å². The third-order valence-electron chi connectivity index (χ3n) is 0.514. The number of carbonyl (C=O) groups is 1. The van der Waals surface area contributed by atoms with Gasteiger partial charge in [0.2, 0.25) is 0 Å². The van der Waals surface area contributed by atoms with Crippen molar-refractivity contribution in [3.05, 3.63) is 0 Å². The summed E-state index contributed by atoms with van der Waals surface area (Å²) in [4.78, 5) is 9.76. The Morgan fingerprint density at radius 1 is 1.89 bits per heavy atom. The van der Waals surface area contributed by atoms with Crippen molar-refractivity contribution < 1.29 is 60.4 Å². The Morgan fingerprint density at radius 3 is 2.22 bits per heavy atom. The third kappa shape index (κ3) is 9.40. The summed E-state index contributed by atoms with van der Waals surface area (Å²) >= 11 is 3.65. The minimum Gasteiger partial charge on any atom is -1.00 e. The van der Waals surface area contributed by atoms with Gasteiger partial charge in [-0.15, -0.1) is 0 Å². The van der Waals surface area contributed by atoms with Gasteiger partial charge in [-0.3, -0.25) is 4.79 Å². The zero-order chi connectivity index (χ0) is 5.86. The quantitative estimate of drug-likeness (QED) is 0.327. The van der Waals surface area contributed by atoms with Crippen LogP contribution in [-0.4, -0.2) is 22.9 Å². The van der Waals surface area contributed by atoms with Crippen molar-refractivity contribution in [2.45, 2.75) is 6.04 Å². The molecule has 0 saturated heterocycles. The molecule has 0 aliphatic rings. The zero-order valence-corrected chi connectivity index (χ0v) is 11.2. The standard InChI is InChI=1S/C3H7NO2S.Na.Zn.H/c4-2(1-7)3(5)6;;;/h2,7H,1,4H2,(H,5,6);;;/q;+1;;-1/t2-;;;/m0.../s1. The number of hydrogen-bond donors (Lipinski definition) is 3. The molecule has 0 aromatic carbocycles. The molecule has 0 aliphatic carbocycles. The van der Waals surface area contributed by atoms with Crippen LogP contribution in [0, 0.1) is 0 Å². The fourth-order valence-electron chi connectivity index (χ4n) is 0.0781. The molecule has 0 bridgehead atoms. The fraction of sp³-hybridized carbons (Fsp3) is 0.667. The Hall–Kier alpha value is 1.40. The molecule has 0 rings (SSSR count). The van der Waals surface area contributed by atoms with Gasteiger partial charge in [0, 0.05) is 25.2 Å². The maximum atomic E-state index is 9.76. The molecule has 0 unspecified atom stereocenters. The van der Waals surface area contributed by atoms with Crippen LogP contribution >= 0.6 is 12.6 Å². The van der Waals surface area contributed by atoms with E-state index >= 15 is 0 Å². The molecular weight excluding hydrogens is 202 g/mol. The molecular formula is C3H8NNaO2SZn. The Balaban J connectivity index is -0.0000000600. The summed E-state index contributed by atoms with van der Waals surface area (Å²) in [6.07, 6.45) is 0. The Bertz CT molecular complexity index is 88.9. The van der Waals surface area contributed by atoms with E-state index in [1.54, 1.807) is 0 Å². The molecule has 1 atom stereocenters. The maximum absolute atomic E-state index is 9.76. The maximum Gasteiger partial charge on any atom is 1.00 e. The van der Waals surface area contributed by atoms with Crippen LogP contribution in [0.3, 0.4) is 0 Å². The van der Waals surface area contributed by atoms with Crippen LogP contribution in [0.5, 0.6) is 0 Å². The first-order valence-electron chi connectivity index (χ1n) is 1.77. The number of thiol groups is 1. The SMILES string of the molecule is N[C@@H](CS)C(=O)O.[H-].[Na+].[Zn]. The molecule has 0 radical (unpaired) electrons. The Morgan fingerprint density at radius 2 is 2.22 bits per heavy atom. The molecule has 0 spiro atoms. The van der Waals surface area contributed by atoms with E-state index in [0.717, 1.165) is 0 Å². The number of aliphatic carboxylic acids is 1. The molecule has 46 valence electrons. The van der Waals surface area contributed by atoms with Gasteiger partial charge in [-0.1, -0.05) is 0 Å². The normalized spacial score (nSPS) is 10.4. The van der Waals surface area contributed by atoms with Gasteiger partial charge < -0.3 is 12.3 Å². The van der Waals surface area contributed by atoms with Crippen LogP contribution in [0.25, 0.3) is 0 Å². The summed E-state index contributed by atoms with van der Waals surface area (Å²) in [5, 5.41) is 8.01. The average molecular weight is 211 g/mol. The minimum atomic E-state index is -1.00. The van der Waals surface area contributed by atoms with Crippen molar-refractivity contribution >= 4 is 18.6 Å². The van der Waals surface area contributed by atoms with Crippen LogP contribution in [0.2, 0.25) is 0 Å². The van der Waals surface area contributed by atoms with Crippen molar-refractivity contribution in [2.24, 2.45) is 5.73 Å². The van der Waals surface area contributed by atoms with E-state index in [1.165, 1.54) is 0 Å². The molecule has 3 nitrogen and oxygen atoms in total. The summed E-state index contributed by atoms with van der Waals surface area (Å²) in [5.41, 5.74) is 4.94. The van der Waals surface area contributed by atoms with Crippen LogP contribution in [0.1, 0.15) is 1.43 Å². The van der Waals surface area contributed by atoms with Gasteiger partial charge in [0.1, 0.15) is 6.04 Å². The molecule has 6 heteroatoms. The van der Waals surface area contributed by atoms with Crippen molar-refractivity contribution in [1.29, 1.82) is 0 Å². The summed E-state index contributed by atoms with van der Waals surface area (Å²) in [5.74, 6) is -0.815. The predicted molar refractivity (Wildman–Crippen MR) is 30.6 cm³/mol. The average Bonchev–Trinajstić information content (AvgIpc) is 1.65. The van der Waals surface area contributed by atoms with Gasteiger partial charge in [0.15, 0.2) is 0 Å². The van der Waals surface area contributed by atoms with Gasteiger partial charge in [0.25, 0.3) is 0 Å². The van der Waals surface area contributed by atoms with Crippen molar-refractivity contribution in [1.82, 2.24) is 0 Å². The van der Waals surface area contributed by atoms with E-state index in [9.17, 15) is 4.79 Å². The zero-order valence-electron chi connectivity index (χ0n) is 6.37. The molecule has 0 aliphatic heterocycles. The predicted octanol–water partition coefficient (Wildman–Crippen LogP) is -3.56. The molecule has 0 fully saturated rings. The minimum absolute atomic E-state index is 0. The van der Waals surface area contributed by atoms with Gasteiger partial charge in [-0.2, -0.15) is 12.6 Å². The van der Waals surface area contributed by atoms with Gasteiger partial charge in [-0.05, 0) is 0 Å². The Kier molecular flexibility index (Phi) is 17.5. The summed E-state index contributed by atoms with van der Waals surface area (Å²) in [6.45, 7) is 0. The second-order valence-electron chi connectivity index (χ2n) is 1.13. The monoisotopic (exact) mass is 209 g/mol. The van der Waals surface area contributed by atoms with Crippen molar-refractivity contribution in [3.8, 4) is 0 Å². The number of nitrogens with two attached hydrogens (primary N) is 1. The van der Waals surface area contributed by atoms with Crippen molar-refractivity contribution in [2.75, 3.05) is 5.75 Å². The van der Waals surface area contributed by atoms with E-state index in [-0.39, 0.29) is 56.2 Å². The molecule has 0 amide bonds. The van der Waals surface area contributed by atoms with Crippen LogP contribution in [-0.2, 0) is 24.3 Å². The summed E-state index contributed by atoms with van der Waals surface area (Å²) in [6, 6.07) is -0.816. The number of rotatable bonds is 2. The topological polar surface area (TPSA) is 63.3 Å².